The molecule has 0 bridgehead atoms. The molecule has 0 aliphatic rings. The van der Waals surface area contributed by atoms with E-state index in [0.29, 0.717) is 40.4 Å². The molecule has 0 saturated carbocycles. The number of nitrogens with one attached hydrogen (secondary N) is 1. The number of fused-ring (bicyclic) bond motifs is 2. The molecule has 0 fully saturated rings. The molecule has 3 aromatic heterocycles. The van der Waals surface area contributed by atoms with Gasteiger partial charge < -0.3 is 14.6 Å². The minimum atomic E-state index is -0.218. The van der Waals surface area contributed by atoms with Crippen LogP contribution in [0.4, 0.5) is 0 Å². The molecule has 5 rings (SSSR count). The summed E-state index contributed by atoms with van der Waals surface area (Å²) in [5.74, 6) is 0.703. The van der Waals surface area contributed by atoms with E-state index in [2.05, 4.69) is 20.3 Å². The van der Waals surface area contributed by atoms with Crippen LogP contribution in [0.25, 0.3) is 28.3 Å². The highest BCUT2D eigenvalue weighted by atomic mass is 16.3. The average Bonchev–Trinajstić information content (AvgIpc) is 3.48. The predicted molar refractivity (Wildman–Crippen MR) is 122 cm³/mol. The van der Waals surface area contributed by atoms with Crippen LogP contribution < -0.4 is 5.32 Å². The number of imidazole rings is 1. The first-order valence-electron chi connectivity index (χ1n) is 10.3. The van der Waals surface area contributed by atoms with E-state index >= 15 is 0 Å². The number of carbonyl (C=O) groups excluding carboxylic acids is 2. The molecular formula is C24H20N6O3. The first kappa shape index (κ1) is 20.4. The number of oxazole rings is 1. The highest BCUT2D eigenvalue weighted by Gasteiger charge is 2.13. The largest absolute Gasteiger partial charge is 0.436 e. The molecule has 0 spiro atoms. The molecule has 0 aliphatic carbocycles. The van der Waals surface area contributed by atoms with Crippen LogP contribution in [-0.2, 0) is 6.54 Å². The summed E-state index contributed by atoms with van der Waals surface area (Å²) in [5.41, 5.74) is 3.98. The van der Waals surface area contributed by atoms with Crippen LogP contribution in [0, 0.1) is 0 Å². The maximum absolute atomic E-state index is 12.5. The highest BCUT2D eigenvalue weighted by Crippen LogP contribution is 2.25. The molecule has 9 heteroatoms. The van der Waals surface area contributed by atoms with Gasteiger partial charge in [-0.1, -0.05) is 12.1 Å². The Kier molecular flexibility index (Phi) is 5.06. The van der Waals surface area contributed by atoms with Gasteiger partial charge in [-0.15, -0.1) is 0 Å². The third-order valence-electron chi connectivity index (χ3n) is 5.20. The van der Waals surface area contributed by atoms with E-state index < -0.39 is 0 Å². The molecule has 0 radical (unpaired) electrons. The van der Waals surface area contributed by atoms with Gasteiger partial charge in [-0.25, -0.2) is 15.0 Å². The Balaban J connectivity index is 1.28. The minimum Gasteiger partial charge on any atom is -0.436 e. The molecule has 2 amide bonds. The quantitative estimate of drug-likeness (QED) is 0.450. The second kappa shape index (κ2) is 8.19. The maximum atomic E-state index is 12.5. The van der Waals surface area contributed by atoms with Crippen LogP contribution in [0.1, 0.15) is 26.3 Å². The molecule has 2 aromatic carbocycles. The van der Waals surface area contributed by atoms with Gasteiger partial charge in [-0.2, -0.15) is 0 Å². The molecule has 33 heavy (non-hydrogen) atoms. The van der Waals surface area contributed by atoms with Gasteiger partial charge in [-0.05, 0) is 35.9 Å². The number of benzene rings is 2. The molecule has 0 atom stereocenters. The van der Waals surface area contributed by atoms with Gasteiger partial charge in [0, 0.05) is 56.6 Å². The maximum Gasteiger partial charge on any atom is 0.254 e. The zero-order chi connectivity index (χ0) is 22.9. The molecule has 1 N–H and O–H groups in total. The van der Waals surface area contributed by atoms with Crippen molar-refractivity contribution in [3.05, 3.63) is 83.9 Å². The van der Waals surface area contributed by atoms with Crippen molar-refractivity contribution >= 4 is 28.7 Å². The number of carbonyl (C=O) groups is 2. The fourth-order valence-electron chi connectivity index (χ4n) is 3.43. The average molecular weight is 440 g/mol. The van der Waals surface area contributed by atoms with Crippen molar-refractivity contribution in [2.45, 2.75) is 6.54 Å². The third-order valence-corrected chi connectivity index (χ3v) is 5.20. The highest BCUT2D eigenvalue weighted by molar-refractivity contribution is 5.97. The van der Waals surface area contributed by atoms with Crippen molar-refractivity contribution in [2.75, 3.05) is 14.1 Å². The van der Waals surface area contributed by atoms with E-state index in [0.717, 1.165) is 11.1 Å². The van der Waals surface area contributed by atoms with E-state index in [-0.39, 0.29) is 11.8 Å². The van der Waals surface area contributed by atoms with Gasteiger partial charge in [0.05, 0.1) is 5.56 Å². The van der Waals surface area contributed by atoms with Gasteiger partial charge >= 0.3 is 0 Å². The van der Waals surface area contributed by atoms with Crippen LogP contribution in [0.2, 0.25) is 0 Å². The molecule has 9 nitrogen and oxygen atoms in total. The number of aromatic nitrogens is 4. The van der Waals surface area contributed by atoms with Crippen LogP contribution in [0.3, 0.4) is 0 Å². The van der Waals surface area contributed by atoms with E-state index in [9.17, 15) is 9.59 Å². The monoisotopic (exact) mass is 440 g/mol. The lowest BCUT2D eigenvalue weighted by atomic mass is 10.1. The van der Waals surface area contributed by atoms with E-state index in [1.54, 1.807) is 55.3 Å². The Morgan fingerprint density at radius 3 is 2.67 bits per heavy atom. The van der Waals surface area contributed by atoms with Crippen LogP contribution in [0.5, 0.6) is 0 Å². The lowest BCUT2D eigenvalue weighted by Crippen LogP contribution is -2.23. The minimum absolute atomic E-state index is 0.0893. The second-order valence-corrected chi connectivity index (χ2v) is 7.76. The summed E-state index contributed by atoms with van der Waals surface area (Å²) in [7, 11) is 3.42. The number of rotatable bonds is 5. The fraction of sp³-hybridized carbons (Fsp3) is 0.125. The number of nitrogens with zero attached hydrogens (tertiary/aromatic N) is 5. The summed E-state index contributed by atoms with van der Waals surface area (Å²) in [5, 5.41) is 2.89. The van der Waals surface area contributed by atoms with Crippen LogP contribution >= 0.6 is 0 Å². The van der Waals surface area contributed by atoms with Gasteiger partial charge in [0.1, 0.15) is 5.52 Å². The van der Waals surface area contributed by atoms with Gasteiger partial charge in [0.2, 0.25) is 11.7 Å². The van der Waals surface area contributed by atoms with Crippen LogP contribution in [0.15, 0.2) is 71.7 Å². The van der Waals surface area contributed by atoms with Crippen molar-refractivity contribution in [1.82, 2.24) is 29.6 Å². The molecule has 0 aliphatic heterocycles. The Hall–Kier alpha value is -4.53. The molecule has 0 saturated heterocycles. The summed E-state index contributed by atoms with van der Waals surface area (Å²) >= 11 is 0. The SMILES string of the molecule is CN(C)C(=O)c1ccc2oc(-c3ccc(CNC(=O)c4cnc5nccn5c4)cc3)nc2c1. The second-order valence-electron chi connectivity index (χ2n) is 7.76. The first-order valence-corrected chi connectivity index (χ1v) is 10.3. The lowest BCUT2D eigenvalue weighted by molar-refractivity contribution is 0.0827. The summed E-state index contributed by atoms with van der Waals surface area (Å²) in [6, 6.07) is 12.8. The molecule has 164 valence electrons. The fourth-order valence-corrected chi connectivity index (χ4v) is 3.43. The first-order chi connectivity index (χ1) is 16.0. The van der Waals surface area contributed by atoms with E-state index in [1.807, 2.05) is 24.3 Å². The van der Waals surface area contributed by atoms with Gasteiger partial charge in [0.15, 0.2) is 5.58 Å². The summed E-state index contributed by atoms with van der Waals surface area (Å²) < 4.78 is 7.55. The standard InChI is InChI=1S/C24H20N6O3/c1-29(2)23(32)17-7-8-20-19(11-17)28-22(33-20)16-5-3-15(4-6-16)12-26-21(31)18-13-27-24-25-9-10-30(24)14-18/h3-11,13-14H,12H2,1-2H3,(H,26,31). The number of hydrogen-bond donors (Lipinski definition) is 1. The molecule has 5 aromatic rings. The van der Waals surface area contributed by atoms with Gasteiger partial charge in [-0.3, -0.25) is 14.0 Å². The molecular weight excluding hydrogens is 420 g/mol. The number of amides is 2. The van der Waals surface area contributed by atoms with E-state index in [4.69, 9.17) is 4.42 Å². The smallest absolute Gasteiger partial charge is 0.254 e. The zero-order valence-corrected chi connectivity index (χ0v) is 18.0. The lowest BCUT2D eigenvalue weighted by Gasteiger charge is -2.09. The van der Waals surface area contributed by atoms with Crippen molar-refractivity contribution in [3.8, 4) is 11.5 Å². The zero-order valence-electron chi connectivity index (χ0n) is 18.0. The van der Waals surface area contributed by atoms with Crippen molar-refractivity contribution in [3.63, 3.8) is 0 Å². The Morgan fingerprint density at radius 2 is 1.88 bits per heavy atom. The third kappa shape index (κ3) is 4.03. The Morgan fingerprint density at radius 1 is 1.06 bits per heavy atom. The van der Waals surface area contributed by atoms with Crippen molar-refractivity contribution < 1.29 is 14.0 Å². The van der Waals surface area contributed by atoms with Crippen molar-refractivity contribution in [2.24, 2.45) is 0 Å². The normalized spacial score (nSPS) is 11.1. The Labute approximate surface area is 188 Å². The topological polar surface area (TPSA) is 106 Å². The summed E-state index contributed by atoms with van der Waals surface area (Å²) in [6.45, 7) is 0.366. The summed E-state index contributed by atoms with van der Waals surface area (Å²) in [4.78, 5) is 38.9. The van der Waals surface area contributed by atoms with Crippen LogP contribution in [-0.4, -0.2) is 50.2 Å². The van der Waals surface area contributed by atoms with Crippen molar-refractivity contribution in [1.29, 1.82) is 0 Å². The Bertz CT molecular complexity index is 1480. The predicted octanol–water partition coefficient (Wildman–Crippen LogP) is 3.17. The van der Waals surface area contributed by atoms with Gasteiger partial charge in [0.25, 0.3) is 11.8 Å². The summed E-state index contributed by atoms with van der Waals surface area (Å²) in [6.07, 6.45) is 6.57. The van der Waals surface area contributed by atoms with E-state index in [1.165, 1.54) is 11.1 Å². The number of hydrogen-bond acceptors (Lipinski definition) is 6. The molecule has 3 heterocycles. The molecule has 0 unspecified atom stereocenters.